The molecule has 1 aliphatic rings. The van der Waals surface area contributed by atoms with E-state index in [1.165, 1.54) is 0 Å². The summed E-state index contributed by atoms with van der Waals surface area (Å²) in [4.78, 5) is 25.1. The molecule has 1 amide bonds. The number of carboxylic acids is 1. The van der Waals surface area contributed by atoms with Crippen LogP contribution in [-0.4, -0.2) is 28.4 Å². The smallest absolute Gasteiger partial charge is 0.309 e. The summed E-state index contributed by atoms with van der Waals surface area (Å²) in [6.07, 6.45) is 0.815. The van der Waals surface area contributed by atoms with Gasteiger partial charge in [-0.1, -0.05) is 40.5 Å². The van der Waals surface area contributed by atoms with Gasteiger partial charge < -0.3 is 10.0 Å². The summed E-state index contributed by atoms with van der Waals surface area (Å²) in [7, 11) is 0. The van der Waals surface area contributed by atoms with Crippen molar-refractivity contribution in [3.8, 4) is 0 Å². The zero-order chi connectivity index (χ0) is 14.9. The number of carbonyl (C=O) groups excluding carboxylic acids is 1. The third-order valence-electron chi connectivity index (χ3n) is 3.49. The summed E-state index contributed by atoms with van der Waals surface area (Å²) in [6, 6.07) is 4.84. The lowest BCUT2D eigenvalue weighted by atomic mass is 9.93. The Balaban J connectivity index is 2.46. The van der Waals surface area contributed by atoms with Crippen molar-refractivity contribution in [2.75, 3.05) is 6.54 Å². The molecule has 0 aromatic heterocycles. The molecule has 1 aromatic carbocycles. The number of likely N-dealkylation sites (tertiary alicyclic amines) is 1. The molecular weight excluding hydrogens is 346 g/mol. The fourth-order valence-electron chi connectivity index (χ4n) is 2.64. The Morgan fingerprint density at radius 1 is 1.55 bits per heavy atom. The van der Waals surface area contributed by atoms with Gasteiger partial charge in [0.2, 0.25) is 5.91 Å². The Bertz CT molecular complexity index is 549. The molecule has 1 heterocycles. The highest BCUT2D eigenvalue weighted by Gasteiger charge is 2.44. The zero-order valence-electron chi connectivity index (χ0n) is 11.0. The van der Waals surface area contributed by atoms with E-state index in [9.17, 15) is 14.7 Å². The fourth-order valence-corrected chi connectivity index (χ4v) is 3.43. The summed E-state index contributed by atoms with van der Waals surface area (Å²) in [5, 5.41) is 9.84. The molecule has 0 saturated carbocycles. The van der Waals surface area contributed by atoms with Gasteiger partial charge in [-0.15, -0.1) is 0 Å². The number of benzene rings is 1. The number of hydrogen-bond donors (Lipinski definition) is 1. The van der Waals surface area contributed by atoms with E-state index in [1.807, 2.05) is 13.0 Å². The van der Waals surface area contributed by atoms with E-state index in [2.05, 4.69) is 15.9 Å². The SMILES string of the molecule is CCCN1C(=O)CC(C(=O)O)C1c1ccc(Br)cc1Cl. The quantitative estimate of drug-likeness (QED) is 0.894. The van der Waals surface area contributed by atoms with Gasteiger partial charge in [-0.2, -0.15) is 0 Å². The van der Waals surface area contributed by atoms with Crippen LogP contribution in [0.1, 0.15) is 31.4 Å². The topological polar surface area (TPSA) is 57.6 Å². The van der Waals surface area contributed by atoms with E-state index in [1.54, 1.807) is 17.0 Å². The Hall–Kier alpha value is -1.07. The predicted molar refractivity (Wildman–Crippen MR) is 79.6 cm³/mol. The third kappa shape index (κ3) is 2.83. The molecule has 4 nitrogen and oxygen atoms in total. The van der Waals surface area contributed by atoms with Crippen LogP contribution in [-0.2, 0) is 9.59 Å². The van der Waals surface area contributed by atoms with Crippen LogP contribution in [0.3, 0.4) is 0 Å². The lowest BCUT2D eigenvalue weighted by molar-refractivity contribution is -0.142. The molecule has 1 aliphatic heterocycles. The Morgan fingerprint density at radius 2 is 2.25 bits per heavy atom. The van der Waals surface area contributed by atoms with Gasteiger partial charge in [0.05, 0.1) is 12.0 Å². The van der Waals surface area contributed by atoms with Crippen molar-refractivity contribution in [3.63, 3.8) is 0 Å². The standard InChI is InChI=1S/C14H15BrClNO3/c1-2-5-17-12(18)7-10(14(19)20)13(17)9-4-3-8(15)6-11(9)16/h3-4,6,10,13H,2,5,7H2,1H3,(H,19,20). The van der Waals surface area contributed by atoms with Crippen molar-refractivity contribution in [2.24, 2.45) is 5.92 Å². The molecule has 0 bridgehead atoms. The van der Waals surface area contributed by atoms with Crippen molar-refractivity contribution in [1.82, 2.24) is 4.90 Å². The van der Waals surface area contributed by atoms with Crippen molar-refractivity contribution >= 4 is 39.4 Å². The first kappa shape index (κ1) is 15.3. The van der Waals surface area contributed by atoms with Crippen LogP contribution >= 0.6 is 27.5 Å². The summed E-state index contributed by atoms with van der Waals surface area (Å²) in [5.74, 6) is -1.82. The second-order valence-electron chi connectivity index (χ2n) is 4.85. The molecule has 20 heavy (non-hydrogen) atoms. The first-order valence-electron chi connectivity index (χ1n) is 6.43. The summed E-state index contributed by atoms with van der Waals surface area (Å²) >= 11 is 9.56. The number of carboxylic acid groups (broad SMARTS) is 1. The average Bonchev–Trinajstić information content (AvgIpc) is 2.68. The van der Waals surface area contributed by atoms with Gasteiger partial charge >= 0.3 is 5.97 Å². The Labute approximate surface area is 130 Å². The van der Waals surface area contributed by atoms with Crippen LogP contribution in [0.15, 0.2) is 22.7 Å². The van der Waals surface area contributed by atoms with Crippen molar-refractivity contribution in [1.29, 1.82) is 0 Å². The van der Waals surface area contributed by atoms with Crippen LogP contribution in [0.2, 0.25) is 5.02 Å². The number of amides is 1. The van der Waals surface area contributed by atoms with Crippen LogP contribution in [0.5, 0.6) is 0 Å². The maximum Gasteiger partial charge on any atom is 0.309 e. The van der Waals surface area contributed by atoms with Crippen LogP contribution in [0.25, 0.3) is 0 Å². The molecule has 2 atom stereocenters. The molecule has 1 aromatic rings. The number of halogens is 2. The minimum atomic E-state index is -0.957. The van der Waals surface area contributed by atoms with Crippen molar-refractivity contribution in [3.05, 3.63) is 33.3 Å². The Morgan fingerprint density at radius 3 is 2.80 bits per heavy atom. The van der Waals surface area contributed by atoms with Gasteiger partial charge in [0.15, 0.2) is 0 Å². The van der Waals surface area contributed by atoms with E-state index in [4.69, 9.17) is 11.6 Å². The van der Waals surface area contributed by atoms with E-state index < -0.39 is 17.9 Å². The maximum absolute atomic E-state index is 12.1. The molecule has 0 aliphatic carbocycles. The van der Waals surface area contributed by atoms with Gasteiger partial charge in [0, 0.05) is 22.5 Å². The fraction of sp³-hybridized carbons (Fsp3) is 0.429. The third-order valence-corrected chi connectivity index (χ3v) is 4.32. The van der Waals surface area contributed by atoms with Crippen LogP contribution in [0, 0.1) is 5.92 Å². The highest BCUT2D eigenvalue weighted by atomic mass is 79.9. The number of hydrogen-bond acceptors (Lipinski definition) is 2. The van der Waals surface area contributed by atoms with Gasteiger partial charge in [-0.05, 0) is 24.1 Å². The second-order valence-corrected chi connectivity index (χ2v) is 6.17. The van der Waals surface area contributed by atoms with Crippen molar-refractivity contribution in [2.45, 2.75) is 25.8 Å². The van der Waals surface area contributed by atoms with Crippen LogP contribution in [0.4, 0.5) is 0 Å². The molecule has 1 fully saturated rings. The van der Waals surface area contributed by atoms with E-state index in [0.29, 0.717) is 17.1 Å². The van der Waals surface area contributed by atoms with Crippen LogP contribution < -0.4 is 0 Å². The lowest BCUT2D eigenvalue weighted by Gasteiger charge is -2.27. The van der Waals surface area contributed by atoms with E-state index in [0.717, 1.165) is 10.9 Å². The number of carbonyl (C=O) groups is 2. The largest absolute Gasteiger partial charge is 0.481 e. The summed E-state index contributed by atoms with van der Waals surface area (Å²) < 4.78 is 0.824. The highest BCUT2D eigenvalue weighted by Crippen LogP contribution is 2.41. The minimum Gasteiger partial charge on any atom is -0.481 e. The first-order valence-corrected chi connectivity index (χ1v) is 7.60. The zero-order valence-corrected chi connectivity index (χ0v) is 13.3. The molecule has 1 saturated heterocycles. The van der Waals surface area contributed by atoms with Crippen molar-refractivity contribution < 1.29 is 14.7 Å². The van der Waals surface area contributed by atoms with Gasteiger partial charge in [0.1, 0.15) is 0 Å². The van der Waals surface area contributed by atoms with Gasteiger partial charge in [0.25, 0.3) is 0 Å². The monoisotopic (exact) mass is 359 g/mol. The maximum atomic E-state index is 12.1. The highest BCUT2D eigenvalue weighted by molar-refractivity contribution is 9.10. The number of nitrogens with zero attached hydrogens (tertiary/aromatic N) is 1. The molecular formula is C14H15BrClNO3. The summed E-state index contributed by atoms with van der Waals surface area (Å²) in [6.45, 7) is 2.50. The van der Waals surface area contributed by atoms with Gasteiger partial charge in [-0.3, -0.25) is 9.59 Å². The molecule has 108 valence electrons. The normalized spacial score (nSPS) is 22.4. The van der Waals surface area contributed by atoms with E-state index >= 15 is 0 Å². The number of aliphatic carboxylic acids is 1. The first-order chi connectivity index (χ1) is 9.45. The van der Waals surface area contributed by atoms with E-state index in [-0.39, 0.29) is 12.3 Å². The lowest BCUT2D eigenvalue weighted by Crippen LogP contribution is -2.31. The molecule has 2 unspecified atom stereocenters. The average molecular weight is 361 g/mol. The molecule has 0 spiro atoms. The summed E-state index contributed by atoms with van der Waals surface area (Å²) in [5.41, 5.74) is 0.696. The van der Waals surface area contributed by atoms with Gasteiger partial charge in [-0.25, -0.2) is 0 Å². The Kier molecular flexibility index (Phi) is 4.70. The second kappa shape index (κ2) is 6.14. The molecule has 6 heteroatoms. The molecule has 2 rings (SSSR count). The predicted octanol–water partition coefficient (Wildman–Crippen LogP) is 3.49. The molecule has 1 N–H and O–H groups in total. The minimum absolute atomic E-state index is 0.0341. The number of rotatable bonds is 4. The molecule has 0 radical (unpaired) electrons.